The van der Waals surface area contributed by atoms with Crippen molar-refractivity contribution >= 4 is 5.91 Å². The lowest BCUT2D eigenvalue weighted by atomic mass is 10.0. The topological polar surface area (TPSA) is 41.1 Å². The Morgan fingerprint density at radius 1 is 1.33 bits per heavy atom. The van der Waals surface area contributed by atoms with Crippen LogP contribution in [-0.4, -0.2) is 24.5 Å². The Morgan fingerprint density at radius 3 is 2.40 bits per heavy atom. The number of rotatable bonds is 7. The van der Waals surface area contributed by atoms with Gasteiger partial charge in [0.05, 0.1) is 6.04 Å². The molecule has 3 nitrogen and oxygen atoms in total. The number of carbonyl (C=O) groups is 1. The second kappa shape index (κ2) is 7.46. The molecule has 15 heavy (non-hydrogen) atoms. The van der Waals surface area contributed by atoms with Crippen molar-refractivity contribution in [2.45, 2.75) is 46.2 Å². The van der Waals surface area contributed by atoms with Crippen LogP contribution in [-0.2, 0) is 4.79 Å². The quantitative estimate of drug-likeness (QED) is 0.631. The molecule has 2 N–H and O–H groups in total. The van der Waals surface area contributed by atoms with Crippen LogP contribution in [0.4, 0.5) is 0 Å². The summed E-state index contributed by atoms with van der Waals surface area (Å²) < 4.78 is 0. The third-order valence-electron chi connectivity index (χ3n) is 2.17. The van der Waals surface area contributed by atoms with E-state index in [4.69, 9.17) is 0 Å². The third-order valence-corrected chi connectivity index (χ3v) is 2.17. The minimum absolute atomic E-state index is 0.0329. The Labute approximate surface area is 93.3 Å². The smallest absolute Gasteiger partial charge is 0.237 e. The molecule has 0 saturated heterocycles. The molecule has 3 heteroatoms. The van der Waals surface area contributed by atoms with Gasteiger partial charge in [-0.3, -0.25) is 4.79 Å². The average Bonchev–Trinajstić information content (AvgIpc) is 2.12. The molecule has 2 atom stereocenters. The van der Waals surface area contributed by atoms with Crippen LogP contribution < -0.4 is 10.6 Å². The average molecular weight is 212 g/mol. The first-order chi connectivity index (χ1) is 6.97. The first-order valence-electron chi connectivity index (χ1n) is 5.62. The minimum atomic E-state index is -0.140. The van der Waals surface area contributed by atoms with Crippen molar-refractivity contribution in [1.29, 1.82) is 0 Å². The van der Waals surface area contributed by atoms with E-state index in [0.717, 1.165) is 6.42 Å². The highest BCUT2D eigenvalue weighted by molar-refractivity contribution is 5.81. The molecule has 0 heterocycles. The molecule has 0 aliphatic rings. The summed E-state index contributed by atoms with van der Waals surface area (Å²) in [5, 5.41) is 6.04. The normalized spacial score (nSPS) is 14.7. The minimum Gasteiger partial charge on any atom is -0.351 e. The molecule has 2 unspecified atom stereocenters. The van der Waals surface area contributed by atoms with Crippen molar-refractivity contribution in [3.05, 3.63) is 12.7 Å². The fourth-order valence-corrected chi connectivity index (χ4v) is 1.60. The number of amides is 1. The van der Waals surface area contributed by atoms with Crippen LogP contribution in [0.2, 0.25) is 0 Å². The summed E-state index contributed by atoms with van der Waals surface area (Å²) in [6, 6.07) is 0.230. The Balaban J connectivity index is 3.84. The lowest BCUT2D eigenvalue weighted by Crippen LogP contribution is -2.46. The van der Waals surface area contributed by atoms with E-state index < -0.39 is 0 Å². The fourth-order valence-electron chi connectivity index (χ4n) is 1.60. The summed E-state index contributed by atoms with van der Waals surface area (Å²) >= 11 is 0. The van der Waals surface area contributed by atoms with Gasteiger partial charge in [0.1, 0.15) is 0 Å². The summed E-state index contributed by atoms with van der Waals surface area (Å²) in [5.74, 6) is 0.682. The molecule has 0 spiro atoms. The molecule has 88 valence electrons. The standard InChI is InChI=1S/C12H24N2O/c1-6-7-13-12(15)11(5)14-10(4)8-9(2)3/h6,9-11,14H,1,7-8H2,2-5H3,(H,13,15). The van der Waals surface area contributed by atoms with Gasteiger partial charge in [0.15, 0.2) is 0 Å². The van der Waals surface area contributed by atoms with Gasteiger partial charge in [0, 0.05) is 12.6 Å². The molecule has 0 radical (unpaired) electrons. The van der Waals surface area contributed by atoms with Gasteiger partial charge in [0.25, 0.3) is 0 Å². The molecule has 0 bridgehead atoms. The van der Waals surface area contributed by atoms with Crippen LogP contribution in [0.15, 0.2) is 12.7 Å². The highest BCUT2D eigenvalue weighted by Gasteiger charge is 2.14. The number of carbonyl (C=O) groups excluding carboxylic acids is 1. The van der Waals surface area contributed by atoms with Crippen molar-refractivity contribution in [3.8, 4) is 0 Å². The van der Waals surface area contributed by atoms with Gasteiger partial charge in [-0.2, -0.15) is 0 Å². The molecular weight excluding hydrogens is 188 g/mol. The first-order valence-corrected chi connectivity index (χ1v) is 5.62. The van der Waals surface area contributed by atoms with Crippen LogP contribution in [0.25, 0.3) is 0 Å². The maximum atomic E-state index is 11.5. The van der Waals surface area contributed by atoms with Crippen molar-refractivity contribution < 1.29 is 4.79 Å². The van der Waals surface area contributed by atoms with Crippen LogP contribution in [0.1, 0.15) is 34.1 Å². The predicted molar refractivity (Wildman–Crippen MR) is 64.7 cm³/mol. The van der Waals surface area contributed by atoms with Crippen molar-refractivity contribution in [1.82, 2.24) is 10.6 Å². The molecule has 0 aromatic carbocycles. The molecule has 0 aliphatic carbocycles. The molecular formula is C12H24N2O. The van der Waals surface area contributed by atoms with Crippen molar-refractivity contribution in [3.63, 3.8) is 0 Å². The SMILES string of the molecule is C=CCNC(=O)C(C)NC(C)CC(C)C. The van der Waals surface area contributed by atoms with E-state index in [0.29, 0.717) is 18.5 Å². The number of nitrogens with one attached hydrogen (secondary N) is 2. The fraction of sp³-hybridized carbons (Fsp3) is 0.750. The van der Waals surface area contributed by atoms with Gasteiger partial charge in [-0.1, -0.05) is 19.9 Å². The monoisotopic (exact) mass is 212 g/mol. The zero-order valence-corrected chi connectivity index (χ0v) is 10.3. The van der Waals surface area contributed by atoms with E-state index in [1.807, 2.05) is 6.92 Å². The second-order valence-electron chi connectivity index (χ2n) is 4.45. The van der Waals surface area contributed by atoms with E-state index in [9.17, 15) is 4.79 Å². The molecule has 0 fully saturated rings. The highest BCUT2D eigenvalue weighted by atomic mass is 16.2. The Bertz CT molecular complexity index is 202. The summed E-state index contributed by atoms with van der Waals surface area (Å²) in [5.41, 5.74) is 0. The van der Waals surface area contributed by atoms with E-state index in [1.165, 1.54) is 0 Å². The molecule has 0 aromatic heterocycles. The van der Waals surface area contributed by atoms with Gasteiger partial charge >= 0.3 is 0 Å². The molecule has 0 aromatic rings. The largest absolute Gasteiger partial charge is 0.351 e. The van der Waals surface area contributed by atoms with E-state index in [1.54, 1.807) is 6.08 Å². The molecule has 0 rings (SSSR count). The van der Waals surface area contributed by atoms with E-state index in [2.05, 4.69) is 38.0 Å². The van der Waals surface area contributed by atoms with Gasteiger partial charge in [-0.15, -0.1) is 6.58 Å². The maximum Gasteiger partial charge on any atom is 0.237 e. The Hall–Kier alpha value is -0.830. The van der Waals surface area contributed by atoms with E-state index in [-0.39, 0.29) is 11.9 Å². The number of hydrogen-bond acceptors (Lipinski definition) is 2. The summed E-state index contributed by atoms with van der Waals surface area (Å²) in [6.45, 7) is 12.4. The predicted octanol–water partition coefficient (Wildman–Crippen LogP) is 1.70. The van der Waals surface area contributed by atoms with Gasteiger partial charge in [0.2, 0.25) is 5.91 Å². The summed E-state index contributed by atoms with van der Waals surface area (Å²) in [6.07, 6.45) is 2.77. The summed E-state index contributed by atoms with van der Waals surface area (Å²) in [4.78, 5) is 11.5. The zero-order valence-electron chi connectivity index (χ0n) is 10.3. The first kappa shape index (κ1) is 14.2. The number of hydrogen-bond donors (Lipinski definition) is 2. The lowest BCUT2D eigenvalue weighted by molar-refractivity contribution is -0.122. The lowest BCUT2D eigenvalue weighted by Gasteiger charge is -2.20. The highest BCUT2D eigenvalue weighted by Crippen LogP contribution is 2.04. The van der Waals surface area contributed by atoms with Crippen LogP contribution >= 0.6 is 0 Å². The van der Waals surface area contributed by atoms with Gasteiger partial charge in [-0.05, 0) is 26.2 Å². The van der Waals surface area contributed by atoms with Crippen molar-refractivity contribution in [2.75, 3.05) is 6.54 Å². The van der Waals surface area contributed by atoms with Crippen LogP contribution in [0.5, 0.6) is 0 Å². The Kier molecular flexibility index (Phi) is 7.05. The van der Waals surface area contributed by atoms with Crippen LogP contribution in [0, 0.1) is 5.92 Å². The molecule has 1 amide bonds. The van der Waals surface area contributed by atoms with Gasteiger partial charge < -0.3 is 10.6 Å². The zero-order chi connectivity index (χ0) is 11.8. The molecule has 0 aliphatic heterocycles. The Morgan fingerprint density at radius 2 is 1.93 bits per heavy atom. The van der Waals surface area contributed by atoms with Crippen LogP contribution in [0.3, 0.4) is 0 Å². The van der Waals surface area contributed by atoms with Gasteiger partial charge in [-0.25, -0.2) is 0 Å². The molecule has 0 saturated carbocycles. The van der Waals surface area contributed by atoms with E-state index >= 15 is 0 Å². The maximum absolute atomic E-state index is 11.5. The van der Waals surface area contributed by atoms with Crippen molar-refractivity contribution in [2.24, 2.45) is 5.92 Å². The second-order valence-corrected chi connectivity index (χ2v) is 4.45. The third kappa shape index (κ3) is 7.14. The summed E-state index contributed by atoms with van der Waals surface area (Å²) in [7, 11) is 0.